The lowest BCUT2D eigenvalue weighted by Gasteiger charge is -2.05. The summed E-state index contributed by atoms with van der Waals surface area (Å²) in [6, 6.07) is 4.41. The van der Waals surface area contributed by atoms with E-state index in [0.29, 0.717) is 13.1 Å². The number of hydrogen-bond acceptors (Lipinski definition) is 2. The lowest BCUT2D eigenvalue weighted by molar-refractivity contribution is -0.136. The molecule has 82 valence electrons. The van der Waals surface area contributed by atoms with E-state index in [4.69, 9.17) is 5.11 Å². The zero-order valence-corrected chi connectivity index (χ0v) is 9.55. The van der Waals surface area contributed by atoms with Crippen molar-refractivity contribution in [3.8, 4) is 0 Å². The predicted molar refractivity (Wildman–Crippen MR) is 58.1 cm³/mol. The molecular weight excluding hydrogens is 265 g/mol. The Bertz CT molecular complexity index is 357. The zero-order chi connectivity index (χ0) is 11.3. The summed E-state index contributed by atoms with van der Waals surface area (Å²) in [5, 5.41) is 11.3. The minimum absolute atomic E-state index is 0.0624. The van der Waals surface area contributed by atoms with Crippen LogP contribution in [0.15, 0.2) is 22.7 Å². The minimum atomic E-state index is -0.846. The molecule has 15 heavy (non-hydrogen) atoms. The van der Waals surface area contributed by atoms with Crippen LogP contribution in [0.3, 0.4) is 0 Å². The Morgan fingerprint density at radius 3 is 2.93 bits per heavy atom. The Hall–Kier alpha value is -0.940. The molecule has 0 saturated heterocycles. The molecule has 2 N–H and O–H groups in total. The average Bonchev–Trinajstić information content (AvgIpc) is 2.17. The molecule has 0 radical (unpaired) electrons. The van der Waals surface area contributed by atoms with E-state index in [2.05, 4.69) is 21.2 Å². The Labute approximate surface area is 95.4 Å². The molecule has 0 unspecified atom stereocenters. The van der Waals surface area contributed by atoms with Gasteiger partial charge in [-0.25, -0.2) is 4.39 Å². The van der Waals surface area contributed by atoms with Crippen LogP contribution >= 0.6 is 15.9 Å². The van der Waals surface area contributed by atoms with Crippen molar-refractivity contribution in [3.05, 3.63) is 34.1 Å². The van der Waals surface area contributed by atoms with E-state index >= 15 is 0 Å². The highest BCUT2D eigenvalue weighted by Crippen LogP contribution is 2.17. The van der Waals surface area contributed by atoms with E-state index in [1.807, 2.05) is 0 Å². The van der Waals surface area contributed by atoms with Crippen LogP contribution in [0.2, 0.25) is 0 Å². The first kappa shape index (κ1) is 12.1. The Morgan fingerprint density at radius 1 is 1.53 bits per heavy atom. The number of halogens is 2. The van der Waals surface area contributed by atoms with Gasteiger partial charge >= 0.3 is 5.97 Å². The van der Waals surface area contributed by atoms with Gasteiger partial charge in [0.15, 0.2) is 0 Å². The van der Waals surface area contributed by atoms with E-state index in [-0.39, 0.29) is 12.2 Å². The molecule has 0 fully saturated rings. The van der Waals surface area contributed by atoms with Gasteiger partial charge in [0.2, 0.25) is 0 Å². The van der Waals surface area contributed by atoms with Crippen molar-refractivity contribution < 1.29 is 14.3 Å². The second kappa shape index (κ2) is 5.82. The fourth-order valence-corrected chi connectivity index (χ4v) is 1.48. The third-order valence-electron chi connectivity index (χ3n) is 1.84. The van der Waals surface area contributed by atoms with Crippen molar-refractivity contribution in [1.29, 1.82) is 0 Å². The van der Waals surface area contributed by atoms with Gasteiger partial charge in [-0.05, 0) is 23.8 Å². The van der Waals surface area contributed by atoms with E-state index < -0.39 is 5.97 Å². The average molecular weight is 276 g/mol. The molecule has 5 heteroatoms. The molecule has 0 aliphatic heterocycles. The van der Waals surface area contributed by atoms with Crippen molar-refractivity contribution >= 4 is 21.9 Å². The smallest absolute Gasteiger partial charge is 0.304 e. The highest BCUT2D eigenvalue weighted by atomic mass is 79.9. The maximum absolute atomic E-state index is 12.8. The van der Waals surface area contributed by atoms with Gasteiger partial charge in [-0.1, -0.05) is 15.9 Å². The quantitative estimate of drug-likeness (QED) is 0.810. The molecule has 0 aromatic heterocycles. The van der Waals surface area contributed by atoms with Crippen molar-refractivity contribution in [3.63, 3.8) is 0 Å². The highest BCUT2D eigenvalue weighted by Gasteiger charge is 2.02. The summed E-state index contributed by atoms with van der Waals surface area (Å²) in [4.78, 5) is 10.2. The Balaban J connectivity index is 2.43. The number of rotatable bonds is 5. The minimum Gasteiger partial charge on any atom is -0.481 e. The number of aliphatic carboxylic acids is 1. The highest BCUT2D eigenvalue weighted by molar-refractivity contribution is 9.10. The van der Waals surface area contributed by atoms with Crippen LogP contribution in [-0.2, 0) is 11.3 Å². The molecule has 1 aromatic carbocycles. The van der Waals surface area contributed by atoms with Crippen LogP contribution < -0.4 is 5.32 Å². The molecule has 0 amide bonds. The molecule has 0 bridgehead atoms. The van der Waals surface area contributed by atoms with Gasteiger partial charge in [0.1, 0.15) is 5.82 Å². The van der Waals surface area contributed by atoms with Gasteiger partial charge in [0.05, 0.1) is 6.42 Å². The number of nitrogens with one attached hydrogen (secondary N) is 1. The lowest BCUT2D eigenvalue weighted by atomic mass is 10.2. The van der Waals surface area contributed by atoms with Crippen LogP contribution in [-0.4, -0.2) is 17.6 Å². The summed E-state index contributed by atoms with van der Waals surface area (Å²) >= 11 is 3.29. The number of carboxylic acid groups (broad SMARTS) is 1. The topological polar surface area (TPSA) is 49.3 Å². The van der Waals surface area contributed by atoms with Crippen molar-refractivity contribution in [1.82, 2.24) is 5.32 Å². The molecule has 0 atom stereocenters. The summed E-state index contributed by atoms with van der Waals surface area (Å²) in [5.74, 6) is -1.14. The number of hydrogen-bond donors (Lipinski definition) is 2. The summed E-state index contributed by atoms with van der Waals surface area (Å²) < 4.78 is 13.7. The van der Waals surface area contributed by atoms with Gasteiger partial charge in [-0.15, -0.1) is 0 Å². The summed E-state index contributed by atoms with van der Waals surface area (Å²) in [6.45, 7) is 0.823. The SMILES string of the molecule is O=C(O)CCNCc1cc(F)ccc1Br. The molecule has 3 nitrogen and oxygen atoms in total. The van der Waals surface area contributed by atoms with Crippen LogP contribution in [0.25, 0.3) is 0 Å². The third kappa shape index (κ3) is 4.40. The first-order valence-electron chi connectivity index (χ1n) is 4.46. The molecule has 0 aliphatic rings. The molecule has 1 rings (SSSR count). The van der Waals surface area contributed by atoms with Gasteiger partial charge in [-0.3, -0.25) is 4.79 Å². The van der Waals surface area contributed by atoms with E-state index in [1.165, 1.54) is 12.1 Å². The summed E-state index contributed by atoms with van der Waals surface area (Å²) in [7, 11) is 0. The molecule has 0 spiro atoms. The predicted octanol–water partition coefficient (Wildman–Crippen LogP) is 2.15. The van der Waals surface area contributed by atoms with Crippen LogP contribution in [0.4, 0.5) is 4.39 Å². The zero-order valence-electron chi connectivity index (χ0n) is 7.96. The Morgan fingerprint density at radius 2 is 2.27 bits per heavy atom. The fraction of sp³-hybridized carbons (Fsp3) is 0.300. The molecule has 1 aromatic rings. The number of carboxylic acids is 1. The maximum atomic E-state index is 12.8. The van der Waals surface area contributed by atoms with Crippen molar-refractivity contribution in [2.45, 2.75) is 13.0 Å². The molecule has 0 saturated carbocycles. The fourth-order valence-electron chi connectivity index (χ4n) is 1.10. The monoisotopic (exact) mass is 275 g/mol. The van der Waals surface area contributed by atoms with Crippen LogP contribution in [0, 0.1) is 5.82 Å². The van der Waals surface area contributed by atoms with E-state index in [0.717, 1.165) is 10.0 Å². The normalized spacial score (nSPS) is 10.3. The van der Waals surface area contributed by atoms with E-state index in [9.17, 15) is 9.18 Å². The second-order valence-corrected chi connectivity index (χ2v) is 3.91. The Kier molecular flexibility index (Phi) is 4.71. The second-order valence-electron chi connectivity index (χ2n) is 3.06. The van der Waals surface area contributed by atoms with Crippen LogP contribution in [0.1, 0.15) is 12.0 Å². The third-order valence-corrected chi connectivity index (χ3v) is 2.61. The van der Waals surface area contributed by atoms with E-state index in [1.54, 1.807) is 6.07 Å². The van der Waals surface area contributed by atoms with Gasteiger partial charge in [0, 0.05) is 17.6 Å². The largest absolute Gasteiger partial charge is 0.481 e. The van der Waals surface area contributed by atoms with Crippen LogP contribution in [0.5, 0.6) is 0 Å². The summed E-state index contributed by atoms with van der Waals surface area (Å²) in [5.41, 5.74) is 0.778. The first-order chi connectivity index (χ1) is 7.09. The van der Waals surface area contributed by atoms with Crippen molar-refractivity contribution in [2.24, 2.45) is 0 Å². The number of benzene rings is 1. The molecular formula is C10H11BrFNO2. The maximum Gasteiger partial charge on any atom is 0.304 e. The summed E-state index contributed by atoms with van der Waals surface area (Å²) in [6.07, 6.45) is 0.0624. The van der Waals surface area contributed by atoms with Gasteiger partial charge in [-0.2, -0.15) is 0 Å². The standard InChI is InChI=1S/C10H11BrFNO2/c11-9-2-1-8(12)5-7(9)6-13-4-3-10(14)15/h1-2,5,13H,3-4,6H2,(H,14,15). The first-order valence-corrected chi connectivity index (χ1v) is 5.25. The van der Waals surface area contributed by atoms with Gasteiger partial charge < -0.3 is 10.4 Å². The van der Waals surface area contributed by atoms with Crippen molar-refractivity contribution in [2.75, 3.05) is 6.54 Å². The molecule has 0 aliphatic carbocycles. The number of carbonyl (C=O) groups is 1. The van der Waals surface area contributed by atoms with Gasteiger partial charge in [0.25, 0.3) is 0 Å². The molecule has 0 heterocycles. The lowest BCUT2D eigenvalue weighted by Crippen LogP contribution is -2.17.